The number of aromatic amines is 1. The van der Waals surface area contributed by atoms with Crippen LogP contribution in [0.5, 0.6) is 0 Å². The number of nitrogens with zero attached hydrogens (tertiary/aromatic N) is 2. The van der Waals surface area contributed by atoms with Gasteiger partial charge >= 0.3 is 0 Å². The van der Waals surface area contributed by atoms with Crippen molar-refractivity contribution < 1.29 is 4.79 Å². The van der Waals surface area contributed by atoms with Crippen LogP contribution in [0.2, 0.25) is 0 Å². The highest BCUT2D eigenvalue weighted by Crippen LogP contribution is 2.25. The molecule has 1 atom stereocenters. The fourth-order valence-electron chi connectivity index (χ4n) is 1.69. The summed E-state index contributed by atoms with van der Waals surface area (Å²) in [4.78, 5) is 16.2. The van der Waals surface area contributed by atoms with E-state index in [-0.39, 0.29) is 24.2 Å². The number of rotatable bonds is 4. The minimum atomic E-state index is -0.568. The first kappa shape index (κ1) is 17.1. The van der Waals surface area contributed by atoms with E-state index in [4.69, 9.17) is 5.73 Å². The third-order valence-electron chi connectivity index (χ3n) is 2.89. The summed E-state index contributed by atoms with van der Waals surface area (Å²) in [6.45, 7) is 5.71. The van der Waals surface area contributed by atoms with Crippen molar-refractivity contribution in [3.63, 3.8) is 0 Å². The highest BCUT2D eigenvalue weighted by molar-refractivity contribution is 5.97. The lowest BCUT2D eigenvalue weighted by atomic mass is 10.1. The van der Waals surface area contributed by atoms with Crippen molar-refractivity contribution in [2.75, 3.05) is 5.32 Å². The molecule has 2 aromatic rings. The quantitative estimate of drug-likeness (QED) is 0.807. The summed E-state index contributed by atoms with van der Waals surface area (Å²) in [7, 11) is 0. The van der Waals surface area contributed by atoms with Gasteiger partial charge in [-0.1, -0.05) is 26.0 Å². The zero-order valence-electron chi connectivity index (χ0n) is 12.3. The van der Waals surface area contributed by atoms with Gasteiger partial charge in [-0.25, -0.2) is 4.98 Å². The first-order valence-corrected chi connectivity index (χ1v) is 6.57. The second kappa shape index (κ2) is 7.19. The Morgan fingerprint density at radius 3 is 2.52 bits per heavy atom. The molecule has 0 aliphatic rings. The molecule has 0 radical (unpaired) electrons. The van der Waals surface area contributed by atoms with Gasteiger partial charge in [0.1, 0.15) is 5.82 Å². The van der Waals surface area contributed by atoms with E-state index >= 15 is 0 Å². The van der Waals surface area contributed by atoms with Crippen LogP contribution in [0.15, 0.2) is 24.3 Å². The zero-order valence-corrected chi connectivity index (χ0v) is 13.1. The Kier molecular flexibility index (Phi) is 5.87. The predicted octanol–water partition coefficient (Wildman–Crippen LogP) is 2.30. The average Bonchev–Trinajstić information content (AvgIpc) is 2.88. The van der Waals surface area contributed by atoms with Crippen molar-refractivity contribution in [3.05, 3.63) is 30.1 Å². The Bertz CT molecular complexity index is 609. The molecule has 0 unspecified atom stereocenters. The van der Waals surface area contributed by atoms with Gasteiger partial charge < -0.3 is 11.1 Å². The Hall–Kier alpha value is -1.92. The molecular formula is C14H20ClN5O. The Labute approximate surface area is 129 Å². The molecule has 1 aromatic carbocycles. The molecule has 0 fully saturated rings. The molecule has 0 aliphatic carbocycles. The Balaban J connectivity index is 0.00000220. The number of benzene rings is 1. The molecule has 1 aromatic heterocycles. The molecular weight excluding hydrogens is 290 g/mol. The van der Waals surface area contributed by atoms with Crippen LogP contribution in [0.4, 0.5) is 5.69 Å². The number of nitrogens with two attached hydrogens (primary N) is 1. The number of carbonyl (C=O) groups is 1. The van der Waals surface area contributed by atoms with E-state index in [0.29, 0.717) is 11.5 Å². The van der Waals surface area contributed by atoms with Crippen LogP contribution in [0.1, 0.15) is 32.5 Å². The number of para-hydroxylation sites is 1. The number of hydrogen-bond donors (Lipinski definition) is 3. The van der Waals surface area contributed by atoms with Crippen molar-refractivity contribution in [1.82, 2.24) is 15.2 Å². The SMILES string of the molecule is CC(C)c1nc(-c2ccccc2NC(=O)[C@H](C)N)n[nH]1.Cl. The zero-order chi connectivity index (χ0) is 14.7. The molecule has 0 bridgehead atoms. The van der Waals surface area contributed by atoms with E-state index in [9.17, 15) is 4.79 Å². The maximum atomic E-state index is 11.7. The van der Waals surface area contributed by atoms with Gasteiger partial charge in [0.25, 0.3) is 0 Å². The summed E-state index contributed by atoms with van der Waals surface area (Å²) in [6.07, 6.45) is 0. The molecule has 0 saturated carbocycles. The largest absolute Gasteiger partial charge is 0.324 e. The summed E-state index contributed by atoms with van der Waals surface area (Å²) in [5.41, 5.74) is 6.99. The fraction of sp³-hybridized carbons (Fsp3) is 0.357. The monoisotopic (exact) mass is 309 g/mol. The van der Waals surface area contributed by atoms with E-state index in [1.54, 1.807) is 13.0 Å². The number of anilines is 1. The van der Waals surface area contributed by atoms with Crippen LogP contribution < -0.4 is 11.1 Å². The first-order chi connectivity index (χ1) is 9.49. The number of H-pyrrole nitrogens is 1. The van der Waals surface area contributed by atoms with Crippen molar-refractivity contribution in [3.8, 4) is 11.4 Å². The molecule has 0 saturated heterocycles. The maximum absolute atomic E-state index is 11.7. The van der Waals surface area contributed by atoms with E-state index in [2.05, 4.69) is 20.5 Å². The normalized spacial score (nSPS) is 11.9. The van der Waals surface area contributed by atoms with Crippen LogP contribution in [-0.2, 0) is 4.79 Å². The van der Waals surface area contributed by atoms with Crippen molar-refractivity contribution >= 4 is 24.0 Å². The lowest BCUT2D eigenvalue weighted by molar-refractivity contribution is -0.117. The van der Waals surface area contributed by atoms with E-state index in [1.165, 1.54) is 0 Å². The second-order valence-electron chi connectivity index (χ2n) is 5.02. The summed E-state index contributed by atoms with van der Waals surface area (Å²) in [5.74, 6) is 1.40. The third-order valence-corrected chi connectivity index (χ3v) is 2.89. The molecule has 4 N–H and O–H groups in total. The maximum Gasteiger partial charge on any atom is 0.241 e. The smallest absolute Gasteiger partial charge is 0.241 e. The lowest BCUT2D eigenvalue weighted by Crippen LogP contribution is -2.32. The van der Waals surface area contributed by atoms with Crippen molar-refractivity contribution in [2.24, 2.45) is 5.73 Å². The van der Waals surface area contributed by atoms with E-state index in [1.807, 2.05) is 32.0 Å². The van der Waals surface area contributed by atoms with Gasteiger partial charge in [0.05, 0.1) is 11.7 Å². The number of nitrogens with one attached hydrogen (secondary N) is 2. The first-order valence-electron chi connectivity index (χ1n) is 6.57. The molecule has 114 valence electrons. The van der Waals surface area contributed by atoms with Crippen LogP contribution in [-0.4, -0.2) is 27.1 Å². The number of halogens is 1. The molecule has 6 nitrogen and oxygen atoms in total. The molecule has 1 amide bonds. The van der Waals surface area contributed by atoms with Crippen LogP contribution in [0.3, 0.4) is 0 Å². The van der Waals surface area contributed by atoms with Crippen LogP contribution >= 0.6 is 12.4 Å². The average molecular weight is 310 g/mol. The van der Waals surface area contributed by atoms with Gasteiger partial charge in [0.15, 0.2) is 5.82 Å². The van der Waals surface area contributed by atoms with E-state index < -0.39 is 6.04 Å². The summed E-state index contributed by atoms with van der Waals surface area (Å²) in [5, 5.41) is 9.90. The van der Waals surface area contributed by atoms with Crippen LogP contribution in [0, 0.1) is 0 Å². The summed E-state index contributed by atoms with van der Waals surface area (Å²) < 4.78 is 0. The molecule has 0 aliphatic heterocycles. The minimum absolute atomic E-state index is 0. The summed E-state index contributed by atoms with van der Waals surface area (Å²) >= 11 is 0. The van der Waals surface area contributed by atoms with Gasteiger partial charge in [-0.05, 0) is 19.1 Å². The summed E-state index contributed by atoms with van der Waals surface area (Å²) in [6, 6.07) is 6.82. The number of hydrogen-bond acceptors (Lipinski definition) is 4. The Morgan fingerprint density at radius 2 is 1.95 bits per heavy atom. The molecule has 7 heteroatoms. The van der Waals surface area contributed by atoms with E-state index in [0.717, 1.165) is 11.4 Å². The van der Waals surface area contributed by atoms with Gasteiger partial charge in [-0.3, -0.25) is 9.89 Å². The number of amides is 1. The van der Waals surface area contributed by atoms with Gasteiger partial charge in [0, 0.05) is 11.5 Å². The topological polar surface area (TPSA) is 96.7 Å². The van der Waals surface area contributed by atoms with Gasteiger partial charge in [0.2, 0.25) is 5.91 Å². The molecule has 1 heterocycles. The Morgan fingerprint density at radius 1 is 1.29 bits per heavy atom. The highest BCUT2D eigenvalue weighted by Gasteiger charge is 2.14. The van der Waals surface area contributed by atoms with Gasteiger partial charge in [-0.15, -0.1) is 12.4 Å². The second-order valence-corrected chi connectivity index (χ2v) is 5.02. The van der Waals surface area contributed by atoms with Crippen molar-refractivity contribution in [2.45, 2.75) is 32.7 Å². The van der Waals surface area contributed by atoms with Crippen molar-refractivity contribution in [1.29, 1.82) is 0 Å². The molecule has 21 heavy (non-hydrogen) atoms. The lowest BCUT2D eigenvalue weighted by Gasteiger charge is -2.10. The molecule has 0 spiro atoms. The third kappa shape index (κ3) is 4.03. The minimum Gasteiger partial charge on any atom is -0.324 e. The standard InChI is InChI=1S/C14H19N5O.ClH/c1-8(2)12-17-13(19-18-12)10-6-4-5-7-11(10)16-14(20)9(3)15;/h4-9H,15H2,1-3H3,(H,16,20)(H,17,18,19);1H/t9-;/m0./s1. The number of aromatic nitrogens is 3. The number of carbonyl (C=O) groups excluding carboxylic acids is 1. The predicted molar refractivity (Wildman–Crippen MR) is 85.4 cm³/mol. The van der Waals surface area contributed by atoms with Crippen LogP contribution in [0.25, 0.3) is 11.4 Å². The van der Waals surface area contributed by atoms with Gasteiger partial charge in [-0.2, -0.15) is 5.10 Å². The molecule has 2 rings (SSSR count). The highest BCUT2D eigenvalue weighted by atomic mass is 35.5. The fourth-order valence-corrected chi connectivity index (χ4v) is 1.69.